The number of nitrogens with zero attached hydrogens (tertiary/aromatic N) is 2. The van der Waals surface area contributed by atoms with E-state index in [9.17, 15) is 20.0 Å². The molecule has 0 aromatic heterocycles. The van der Waals surface area contributed by atoms with Crippen LogP contribution < -0.4 is 10.2 Å². The molecule has 8 nitrogen and oxygen atoms in total. The Morgan fingerprint density at radius 3 is 2.80 bits per heavy atom. The van der Waals surface area contributed by atoms with Gasteiger partial charge in [0, 0.05) is 17.7 Å². The summed E-state index contributed by atoms with van der Waals surface area (Å²) >= 11 is 3.53. The molecule has 9 heteroatoms. The molecule has 154 valence electrons. The number of nitro groups is 1. The van der Waals surface area contributed by atoms with Gasteiger partial charge in [-0.3, -0.25) is 14.9 Å². The summed E-state index contributed by atoms with van der Waals surface area (Å²) in [5.41, 5.74) is 2.25. The van der Waals surface area contributed by atoms with Gasteiger partial charge in [-0.25, -0.2) is 5.43 Å². The molecule has 0 heterocycles. The Balaban J connectivity index is 1.71. The monoisotopic (exact) mass is 471 g/mol. The second kappa shape index (κ2) is 9.36. The van der Waals surface area contributed by atoms with E-state index >= 15 is 0 Å². The molecular weight excluding hydrogens is 454 g/mol. The number of aromatic hydroxyl groups is 1. The van der Waals surface area contributed by atoms with Crippen molar-refractivity contribution in [2.75, 3.05) is 0 Å². The van der Waals surface area contributed by atoms with E-state index in [1.54, 1.807) is 13.0 Å². The van der Waals surface area contributed by atoms with E-state index < -0.39 is 16.9 Å². The number of carbonyl (C=O) groups excluding carboxylic acids is 1. The third-order valence-corrected chi connectivity index (χ3v) is 5.18. The molecule has 0 aliphatic rings. The molecule has 30 heavy (non-hydrogen) atoms. The second-order valence-corrected chi connectivity index (χ2v) is 7.14. The minimum absolute atomic E-state index is 0.107. The first-order chi connectivity index (χ1) is 14.4. The van der Waals surface area contributed by atoms with E-state index in [-0.39, 0.29) is 17.0 Å². The average Bonchev–Trinajstić information content (AvgIpc) is 2.74. The fourth-order valence-electron chi connectivity index (χ4n) is 2.78. The molecule has 0 unspecified atom stereocenters. The summed E-state index contributed by atoms with van der Waals surface area (Å²) in [5.74, 6) is -0.156. The Morgan fingerprint density at radius 1 is 1.30 bits per heavy atom. The van der Waals surface area contributed by atoms with Gasteiger partial charge in [0.1, 0.15) is 11.5 Å². The zero-order valence-corrected chi connectivity index (χ0v) is 17.5. The highest BCUT2D eigenvalue weighted by molar-refractivity contribution is 9.10. The van der Waals surface area contributed by atoms with Crippen LogP contribution in [0.1, 0.15) is 18.9 Å². The highest BCUT2D eigenvalue weighted by atomic mass is 79.9. The van der Waals surface area contributed by atoms with E-state index in [2.05, 4.69) is 26.5 Å². The van der Waals surface area contributed by atoms with E-state index in [0.29, 0.717) is 12.2 Å². The summed E-state index contributed by atoms with van der Waals surface area (Å²) in [4.78, 5) is 22.7. The van der Waals surface area contributed by atoms with Crippen LogP contribution in [-0.4, -0.2) is 28.3 Å². The summed E-state index contributed by atoms with van der Waals surface area (Å²) in [7, 11) is 0. The number of carbonyl (C=O) groups is 1. The van der Waals surface area contributed by atoms with Crippen molar-refractivity contribution in [3.63, 3.8) is 0 Å². The lowest BCUT2D eigenvalue weighted by Gasteiger charge is -2.17. The standard InChI is InChI=1S/C21H18BrN3O5/c1-2-18(30-19-10-7-13-5-3-4-6-16(13)20(19)22)21(27)24-23-12-14-11-15(25(28)29)8-9-17(14)26/h3-12,18,26H,2H2,1H3,(H,24,27)/b23-12-/t18-/m1/s1. The lowest BCUT2D eigenvalue weighted by molar-refractivity contribution is -0.384. The van der Waals surface area contributed by atoms with E-state index in [1.165, 1.54) is 12.1 Å². The van der Waals surface area contributed by atoms with Crippen LogP contribution in [0.2, 0.25) is 0 Å². The number of phenolic OH excluding ortho intramolecular Hbond substituents is 1. The molecule has 0 aliphatic heterocycles. The number of amides is 1. The SMILES string of the molecule is CC[C@@H](Oc1ccc2ccccc2c1Br)C(=O)N/N=C\c1cc([N+](=O)[O-])ccc1O. The second-order valence-electron chi connectivity index (χ2n) is 6.35. The van der Waals surface area contributed by atoms with Gasteiger partial charge in [0.05, 0.1) is 15.6 Å². The predicted octanol–water partition coefficient (Wildman–Crippen LogP) is 4.52. The van der Waals surface area contributed by atoms with Gasteiger partial charge < -0.3 is 9.84 Å². The molecule has 1 amide bonds. The number of hydrogen-bond donors (Lipinski definition) is 2. The number of non-ortho nitro benzene ring substituents is 1. The Bertz CT molecular complexity index is 1130. The number of nitro benzene ring substituents is 1. The molecule has 0 aliphatic carbocycles. The maximum Gasteiger partial charge on any atom is 0.281 e. The van der Waals surface area contributed by atoms with Gasteiger partial charge in [-0.2, -0.15) is 5.10 Å². The molecule has 0 saturated carbocycles. The Kier molecular flexibility index (Phi) is 6.63. The number of nitrogens with one attached hydrogen (secondary N) is 1. The molecule has 2 N–H and O–H groups in total. The van der Waals surface area contributed by atoms with Crippen molar-refractivity contribution < 1.29 is 19.6 Å². The maximum absolute atomic E-state index is 12.5. The van der Waals surface area contributed by atoms with Crippen molar-refractivity contribution >= 4 is 44.5 Å². The molecular formula is C21H18BrN3O5. The van der Waals surface area contributed by atoms with Crippen molar-refractivity contribution in [2.24, 2.45) is 5.10 Å². The Hall–Kier alpha value is -3.46. The van der Waals surface area contributed by atoms with E-state index in [0.717, 1.165) is 27.5 Å². The smallest absolute Gasteiger partial charge is 0.281 e. The minimum atomic E-state index is -0.807. The first kappa shape index (κ1) is 21.3. The van der Waals surface area contributed by atoms with Crippen LogP contribution in [-0.2, 0) is 4.79 Å². The van der Waals surface area contributed by atoms with Gasteiger partial charge in [0.25, 0.3) is 11.6 Å². The average molecular weight is 472 g/mol. The zero-order valence-electron chi connectivity index (χ0n) is 15.9. The number of fused-ring (bicyclic) bond motifs is 1. The summed E-state index contributed by atoms with van der Waals surface area (Å²) < 4.78 is 6.62. The third-order valence-electron chi connectivity index (χ3n) is 4.36. The summed E-state index contributed by atoms with van der Waals surface area (Å²) in [6.07, 6.45) is 0.722. The predicted molar refractivity (Wildman–Crippen MR) is 117 cm³/mol. The van der Waals surface area contributed by atoms with Gasteiger partial charge in [-0.15, -0.1) is 0 Å². The highest BCUT2D eigenvalue weighted by Gasteiger charge is 2.20. The van der Waals surface area contributed by atoms with Crippen molar-refractivity contribution in [3.8, 4) is 11.5 Å². The quantitative estimate of drug-likeness (QED) is 0.298. The molecule has 0 radical (unpaired) electrons. The summed E-state index contributed by atoms with van der Waals surface area (Å²) in [6.45, 7) is 1.80. The highest BCUT2D eigenvalue weighted by Crippen LogP contribution is 2.33. The normalized spacial score (nSPS) is 12.1. The molecule has 1 atom stereocenters. The Labute approximate surface area is 180 Å². The minimum Gasteiger partial charge on any atom is -0.507 e. The third kappa shape index (κ3) is 4.74. The van der Waals surface area contributed by atoms with Crippen LogP contribution >= 0.6 is 15.9 Å². The summed E-state index contributed by atoms with van der Waals surface area (Å²) in [6, 6.07) is 15.0. The van der Waals surface area contributed by atoms with Crippen LogP contribution in [0.3, 0.4) is 0 Å². The lowest BCUT2D eigenvalue weighted by atomic mass is 10.1. The number of phenols is 1. The first-order valence-electron chi connectivity index (χ1n) is 9.05. The molecule has 3 aromatic carbocycles. The van der Waals surface area contributed by atoms with Crippen LogP contribution in [0, 0.1) is 10.1 Å². The summed E-state index contributed by atoms with van der Waals surface area (Å²) in [5, 5.41) is 26.4. The first-order valence-corrected chi connectivity index (χ1v) is 9.84. The van der Waals surface area contributed by atoms with Crippen LogP contribution in [0.4, 0.5) is 5.69 Å². The van der Waals surface area contributed by atoms with Gasteiger partial charge in [0.2, 0.25) is 0 Å². The zero-order chi connectivity index (χ0) is 21.7. The van der Waals surface area contributed by atoms with Crippen molar-refractivity contribution in [1.82, 2.24) is 5.43 Å². The number of ether oxygens (including phenoxy) is 1. The Morgan fingerprint density at radius 2 is 2.07 bits per heavy atom. The fraction of sp³-hybridized carbons (Fsp3) is 0.143. The van der Waals surface area contributed by atoms with Gasteiger partial charge in [-0.1, -0.05) is 37.3 Å². The van der Waals surface area contributed by atoms with Crippen LogP contribution in [0.5, 0.6) is 11.5 Å². The topological polar surface area (TPSA) is 114 Å². The van der Waals surface area contributed by atoms with Gasteiger partial charge >= 0.3 is 0 Å². The molecule has 0 spiro atoms. The van der Waals surface area contributed by atoms with Crippen LogP contribution in [0.25, 0.3) is 10.8 Å². The van der Waals surface area contributed by atoms with Crippen molar-refractivity contribution in [3.05, 3.63) is 74.7 Å². The van der Waals surface area contributed by atoms with Crippen LogP contribution in [0.15, 0.2) is 64.2 Å². The van der Waals surface area contributed by atoms with Crippen molar-refractivity contribution in [1.29, 1.82) is 0 Å². The van der Waals surface area contributed by atoms with E-state index in [4.69, 9.17) is 4.74 Å². The molecule has 0 bridgehead atoms. The van der Waals surface area contributed by atoms with Crippen molar-refractivity contribution in [2.45, 2.75) is 19.4 Å². The molecule has 0 saturated heterocycles. The molecule has 3 rings (SSSR count). The number of hydrazone groups is 1. The fourth-order valence-corrected chi connectivity index (χ4v) is 3.36. The lowest BCUT2D eigenvalue weighted by Crippen LogP contribution is -2.35. The van der Waals surface area contributed by atoms with Gasteiger partial charge in [-0.05, 0) is 45.3 Å². The maximum atomic E-state index is 12.5. The number of hydrogen-bond acceptors (Lipinski definition) is 6. The number of halogens is 1. The van der Waals surface area contributed by atoms with Gasteiger partial charge in [0.15, 0.2) is 6.10 Å². The largest absolute Gasteiger partial charge is 0.507 e. The number of benzene rings is 3. The number of rotatable bonds is 7. The molecule has 3 aromatic rings. The van der Waals surface area contributed by atoms with E-state index in [1.807, 2.05) is 30.3 Å². The molecule has 0 fully saturated rings.